The fourth-order valence-electron chi connectivity index (χ4n) is 4.56. The third-order valence-electron chi connectivity index (χ3n) is 6.05. The topological polar surface area (TPSA) is 56.6 Å². The number of aromatic nitrogens is 2. The summed E-state index contributed by atoms with van der Waals surface area (Å²) in [6.07, 6.45) is 3.98. The lowest BCUT2D eigenvalue weighted by molar-refractivity contribution is -0.132. The van der Waals surface area contributed by atoms with E-state index in [1.807, 2.05) is 36.2 Å². The molecule has 0 bridgehead atoms. The monoisotopic (exact) mass is 416 g/mol. The van der Waals surface area contributed by atoms with Crippen molar-refractivity contribution in [3.8, 4) is 5.69 Å². The van der Waals surface area contributed by atoms with Crippen LogP contribution in [0.4, 0.5) is 11.5 Å². The molecule has 4 heterocycles. The first-order chi connectivity index (χ1) is 15.1. The Morgan fingerprint density at radius 2 is 1.87 bits per heavy atom. The minimum absolute atomic E-state index is 0.0157. The molecule has 1 N–H and O–H groups in total. The first kappa shape index (κ1) is 19.6. The molecule has 31 heavy (non-hydrogen) atoms. The fraction of sp³-hybridized carbons (Fsp3) is 0.333. The number of hydrogen-bond donors (Lipinski definition) is 1. The summed E-state index contributed by atoms with van der Waals surface area (Å²) < 4.78 is 2.26. The second kappa shape index (κ2) is 8.07. The molecular formula is C24H28N6O. The average molecular weight is 417 g/mol. The number of fused-ring (bicyclic) bond motifs is 3. The molecule has 1 unspecified atom stereocenters. The van der Waals surface area contributed by atoms with Gasteiger partial charge in [-0.05, 0) is 44.4 Å². The summed E-state index contributed by atoms with van der Waals surface area (Å²) >= 11 is 0. The van der Waals surface area contributed by atoms with Gasteiger partial charge in [-0.1, -0.05) is 18.2 Å². The Bertz CT molecular complexity index is 1080. The minimum atomic E-state index is 0.0157. The largest absolute Gasteiger partial charge is 0.371 e. The maximum atomic E-state index is 12.4. The highest BCUT2D eigenvalue weighted by molar-refractivity contribution is 5.78. The third kappa shape index (κ3) is 3.65. The summed E-state index contributed by atoms with van der Waals surface area (Å²) in [7, 11) is 3.86. The first-order valence-electron chi connectivity index (χ1n) is 10.8. The predicted octanol–water partition coefficient (Wildman–Crippen LogP) is 2.60. The number of para-hydroxylation sites is 2. The molecule has 0 spiro atoms. The van der Waals surface area contributed by atoms with Gasteiger partial charge >= 0.3 is 0 Å². The number of carbonyl (C=O) groups is 1. The van der Waals surface area contributed by atoms with Gasteiger partial charge in [0.25, 0.3) is 0 Å². The van der Waals surface area contributed by atoms with E-state index in [-0.39, 0.29) is 11.9 Å². The van der Waals surface area contributed by atoms with E-state index < -0.39 is 0 Å². The van der Waals surface area contributed by atoms with Crippen molar-refractivity contribution in [2.45, 2.75) is 6.04 Å². The standard InChI is InChI=1S/C24H28N6O/c1-27(2)17-22(31)28-13-15-29(16-14-28)24-18(7-5-11-25-24)23-21-10-6-12-30(21)20-9-4-3-8-19(20)26-23/h3-12,23,26H,13-17H2,1-2H3. The minimum Gasteiger partial charge on any atom is -0.371 e. The number of nitrogens with zero attached hydrogens (tertiary/aromatic N) is 5. The van der Waals surface area contributed by atoms with Gasteiger partial charge in [-0.2, -0.15) is 0 Å². The van der Waals surface area contributed by atoms with E-state index in [4.69, 9.17) is 4.98 Å². The van der Waals surface area contributed by atoms with Gasteiger partial charge < -0.3 is 24.6 Å². The second-order valence-electron chi connectivity index (χ2n) is 8.42. The van der Waals surface area contributed by atoms with Gasteiger partial charge in [0.15, 0.2) is 0 Å². The number of amides is 1. The molecule has 160 valence electrons. The summed E-state index contributed by atoms with van der Waals surface area (Å²) in [4.78, 5) is 23.4. The van der Waals surface area contributed by atoms with Crippen molar-refractivity contribution in [1.82, 2.24) is 19.4 Å². The Hall–Kier alpha value is -3.32. The quantitative estimate of drug-likeness (QED) is 0.709. The summed E-state index contributed by atoms with van der Waals surface area (Å²) in [6.45, 7) is 3.47. The maximum Gasteiger partial charge on any atom is 0.236 e. The number of hydrogen-bond acceptors (Lipinski definition) is 5. The van der Waals surface area contributed by atoms with Gasteiger partial charge in [-0.3, -0.25) is 4.79 Å². The van der Waals surface area contributed by atoms with E-state index >= 15 is 0 Å². The summed E-state index contributed by atoms with van der Waals surface area (Å²) in [5.41, 5.74) is 4.64. The molecule has 1 fully saturated rings. The number of nitrogens with one attached hydrogen (secondary N) is 1. The molecule has 2 aromatic heterocycles. The lowest BCUT2D eigenvalue weighted by Crippen LogP contribution is -2.51. The number of rotatable bonds is 4. The summed E-state index contributed by atoms with van der Waals surface area (Å²) in [5, 5.41) is 3.73. The number of benzene rings is 1. The molecule has 1 saturated heterocycles. The zero-order valence-corrected chi connectivity index (χ0v) is 18.0. The highest BCUT2D eigenvalue weighted by Gasteiger charge is 2.30. The highest BCUT2D eigenvalue weighted by Crippen LogP contribution is 2.39. The van der Waals surface area contributed by atoms with Crippen LogP contribution in [0.1, 0.15) is 17.3 Å². The van der Waals surface area contributed by atoms with Crippen molar-refractivity contribution in [2.75, 3.05) is 57.0 Å². The molecular weight excluding hydrogens is 388 g/mol. The molecule has 2 aliphatic heterocycles. The average Bonchev–Trinajstić information content (AvgIpc) is 3.29. The van der Waals surface area contributed by atoms with E-state index in [0.29, 0.717) is 6.54 Å². The molecule has 1 atom stereocenters. The van der Waals surface area contributed by atoms with Crippen LogP contribution in [0.2, 0.25) is 0 Å². The molecule has 0 saturated carbocycles. The van der Waals surface area contributed by atoms with Gasteiger partial charge in [-0.25, -0.2) is 4.98 Å². The molecule has 3 aromatic rings. The Morgan fingerprint density at radius 1 is 1.06 bits per heavy atom. The molecule has 2 aliphatic rings. The molecule has 7 nitrogen and oxygen atoms in total. The van der Waals surface area contributed by atoms with Crippen LogP contribution in [0, 0.1) is 0 Å². The number of carbonyl (C=O) groups excluding carboxylic acids is 1. The van der Waals surface area contributed by atoms with Crippen molar-refractivity contribution < 1.29 is 4.79 Å². The van der Waals surface area contributed by atoms with Crippen LogP contribution in [0.25, 0.3) is 5.69 Å². The zero-order chi connectivity index (χ0) is 21.4. The zero-order valence-electron chi connectivity index (χ0n) is 18.0. The normalized spacial score (nSPS) is 17.8. The fourth-order valence-corrected chi connectivity index (χ4v) is 4.56. The van der Waals surface area contributed by atoms with Crippen LogP contribution in [-0.2, 0) is 4.79 Å². The smallest absolute Gasteiger partial charge is 0.236 e. The van der Waals surface area contributed by atoms with Gasteiger partial charge in [0.2, 0.25) is 5.91 Å². The van der Waals surface area contributed by atoms with E-state index in [9.17, 15) is 4.79 Å². The van der Waals surface area contributed by atoms with Crippen molar-refractivity contribution in [2.24, 2.45) is 0 Å². The van der Waals surface area contributed by atoms with Crippen molar-refractivity contribution in [3.63, 3.8) is 0 Å². The maximum absolute atomic E-state index is 12.4. The van der Waals surface area contributed by atoms with Crippen molar-refractivity contribution >= 4 is 17.4 Å². The van der Waals surface area contributed by atoms with Crippen LogP contribution in [0.15, 0.2) is 60.9 Å². The third-order valence-corrected chi connectivity index (χ3v) is 6.05. The highest BCUT2D eigenvalue weighted by atomic mass is 16.2. The molecule has 0 aliphatic carbocycles. The molecule has 1 amide bonds. The summed E-state index contributed by atoms with van der Waals surface area (Å²) in [6, 6.07) is 16.8. The Labute approximate surface area is 182 Å². The van der Waals surface area contributed by atoms with Crippen molar-refractivity contribution in [3.05, 3.63) is 72.2 Å². The molecule has 7 heteroatoms. The molecule has 5 rings (SSSR count). The Kier molecular flexibility index (Phi) is 5.11. The van der Waals surface area contributed by atoms with E-state index in [0.717, 1.165) is 48.9 Å². The van der Waals surface area contributed by atoms with Gasteiger partial charge in [0.05, 0.1) is 24.0 Å². The van der Waals surface area contributed by atoms with Crippen LogP contribution in [0.5, 0.6) is 0 Å². The van der Waals surface area contributed by atoms with Gasteiger partial charge in [0.1, 0.15) is 5.82 Å². The van der Waals surface area contributed by atoms with E-state index in [2.05, 4.69) is 63.4 Å². The van der Waals surface area contributed by atoms with E-state index in [1.54, 1.807) is 0 Å². The van der Waals surface area contributed by atoms with Crippen LogP contribution in [0.3, 0.4) is 0 Å². The number of piperazine rings is 1. The lowest BCUT2D eigenvalue weighted by atomic mass is 10.0. The van der Waals surface area contributed by atoms with Crippen LogP contribution >= 0.6 is 0 Å². The second-order valence-corrected chi connectivity index (χ2v) is 8.42. The number of pyridine rings is 1. The predicted molar refractivity (Wildman–Crippen MR) is 123 cm³/mol. The Balaban J connectivity index is 1.41. The van der Waals surface area contributed by atoms with Gasteiger partial charge in [-0.15, -0.1) is 0 Å². The molecule has 0 radical (unpaired) electrons. The SMILES string of the molecule is CN(C)CC(=O)N1CCN(c2ncccc2C2Nc3ccccc3-n3cccc32)CC1. The number of anilines is 2. The van der Waals surface area contributed by atoms with Gasteiger partial charge in [0, 0.05) is 49.8 Å². The lowest BCUT2D eigenvalue weighted by Gasteiger charge is -2.38. The van der Waals surface area contributed by atoms with Crippen molar-refractivity contribution in [1.29, 1.82) is 0 Å². The summed E-state index contributed by atoms with van der Waals surface area (Å²) in [5.74, 6) is 1.18. The Morgan fingerprint density at radius 3 is 2.68 bits per heavy atom. The van der Waals surface area contributed by atoms with Crippen LogP contribution in [-0.4, -0.2) is 72.1 Å². The first-order valence-corrected chi connectivity index (χ1v) is 10.8. The van der Waals surface area contributed by atoms with E-state index in [1.165, 1.54) is 5.69 Å². The molecule has 1 aromatic carbocycles. The van der Waals surface area contributed by atoms with Crippen LogP contribution < -0.4 is 10.2 Å². The number of likely N-dealkylation sites (N-methyl/N-ethyl adjacent to an activating group) is 1.